The Balaban J connectivity index is 2.07. The maximum atomic E-state index is 10.2. The van der Waals surface area contributed by atoms with Crippen molar-refractivity contribution in [2.45, 2.75) is 38.2 Å². The van der Waals surface area contributed by atoms with Gasteiger partial charge >= 0.3 is 0 Å². The molecule has 1 aromatic rings. The van der Waals surface area contributed by atoms with Gasteiger partial charge in [0.15, 0.2) is 0 Å². The van der Waals surface area contributed by atoms with Crippen LogP contribution < -0.4 is 0 Å². The molecule has 78 valence electrons. The van der Waals surface area contributed by atoms with E-state index in [-0.39, 0.29) is 6.10 Å². The van der Waals surface area contributed by atoms with E-state index in [1.165, 1.54) is 19.3 Å². The van der Waals surface area contributed by atoms with Crippen LogP contribution in [0.5, 0.6) is 0 Å². The summed E-state index contributed by atoms with van der Waals surface area (Å²) in [5.74, 6) is 0.444. The third-order valence-electron chi connectivity index (χ3n) is 3.25. The van der Waals surface area contributed by atoms with Crippen molar-refractivity contribution < 1.29 is 5.11 Å². The second-order valence-electron chi connectivity index (χ2n) is 4.27. The molecule has 0 aromatic carbocycles. The summed E-state index contributed by atoms with van der Waals surface area (Å²) in [5, 5.41) is 10.2. The first kappa shape index (κ1) is 9.71. The van der Waals surface area contributed by atoms with Crippen molar-refractivity contribution in [3.05, 3.63) is 18.2 Å². The van der Waals surface area contributed by atoms with Crippen LogP contribution in [0.3, 0.4) is 0 Å². The molecule has 0 aliphatic heterocycles. The summed E-state index contributed by atoms with van der Waals surface area (Å²) in [4.78, 5) is 4.04. The van der Waals surface area contributed by atoms with E-state index in [0.717, 1.165) is 18.5 Å². The van der Waals surface area contributed by atoms with Gasteiger partial charge in [-0.05, 0) is 18.8 Å². The van der Waals surface area contributed by atoms with E-state index in [4.69, 9.17) is 0 Å². The van der Waals surface area contributed by atoms with Gasteiger partial charge in [-0.3, -0.25) is 0 Å². The Labute approximate surface area is 84.8 Å². The first-order valence-electron chi connectivity index (χ1n) is 5.43. The zero-order valence-electron chi connectivity index (χ0n) is 8.69. The van der Waals surface area contributed by atoms with E-state index in [9.17, 15) is 5.11 Å². The van der Waals surface area contributed by atoms with E-state index >= 15 is 0 Å². The van der Waals surface area contributed by atoms with Crippen molar-refractivity contribution in [3.8, 4) is 0 Å². The van der Waals surface area contributed by atoms with Crippen LogP contribution in [0.1, 0.15) is 43.9 Å². The van der Waals surface area contributed by atoms with Gasteiger partial charge in [-0.2, -0.15) is 0 Å². The summed E-state index contributed by atoms with van der Waals surface area (Å²) < 4.78 is 1.92. The predicted molar refractivity (Wildman–Crippen MR) is 54.7 cm³/mol. The number of aryl methyl sites for hydroxylation is 1. The number of aliphatic hydroxyl groups excluding tert-OH is 1. The Hall–Kier alpha value is -0.830. The van der Waals surface area contributed by atoms with Gasteiger partial charge in [0.1, 0.15) is 0 Å². The predicted octanol–water partition coefficient (Wildman–Crippen LogP) is 2.03. The highest BCUT2D eigenvalue weighted by Crippen LogP contribution is 2.33. The molecule has 1 aliphatic rings. The third-order valence-corrected chi connectivity index (χ3v) is 3.25. The van der Waals surface area contributed by atoms with Gasteiger partial charge in [0, 0.05) is 7.05 Å². The molecule has 0 bridgehead atoms. The highest BCUT2D eigenvalue weighted by Gasteiger charge is 2.24. The molecular weight excluding hydrogens is 176 g/mol. The van der Waals surface area contributed by atoms with E-state index in [0.29, 0.717) is 5.92 Å². The Morgan fingerprint density at radius 1 is 1.43 bits per heavy atom. The Kier molecular flexibility index (Phi) is 2.87. The molecule has 0 spiro atoms. The molecule has 1 aromatic heterocycles. The van der Waals surface area contributed by atoms with Crippen molar-refractivity contribution in [2.24, 2.45) is 13.0 Å². The Bertz CT molecular complexity index is 289. The molecule has 0 saturated heterocycles. The Morgan fingerprint density at radius 2 is 2.14 bits per heavy atom. The van der Waals surface area contributed by atoms with Gasteiger partial charge in [-0.15, -0.1) is 0 Å². The zero-order valence-corrected chi connectivity index (χ0v) is 8.69. The maximum absolute atomic E-state index is 10.2. The standard InChI is InChI=1S/C11H18N2O/c1-13-8-12-7-10(13)11(14)9-5-3-2-4-6-9/h7-9,11,14H,2-6H2,1H3. The Morgan fingerprint density at radius 3 is 2.71 bits per heavy atom. The number of imidazole rings is 1. The van der Waals surface area contributed by atoms with Crippen LogP contribution in [-0.2, 0) is 7.05 Å². The molecule has 1 atom stereocenters. The summed E-state index contributed by atoms with van der Waals surface area (Å²) in [5.41, 5.74) is 0.955. The highest BCUT2D eigenvalue weighted by molar-refractivity contribution is 5.03. The highest BCUT2D eigenvalue weighted by atomic mass is 16.3. The number of hydrogen-bond acceptors (Lipinski definition) is 2. The monoisotopic (exact) mass is 194 g/mol. The van der Waals surface area contributed by atoms with Gasteiger partial charge in [0.25, 0.3) is 0 Å². The maximum Gasteiger partial charge on any atom is 0.0983 e. The fraction of sp³-hybridized carbons (Fsp3) is 0.727. The summed E-state index contributed by atoms with van der Waals surface area (Å²) in [6, 6.07) is 0. The number of aliphatic hydroxyl groups is 1. The van der Waals surface area contributed by atoms with Crippen molar-refractivity contribution in [1.82, 2.24) is 9.55 Å². The van der Waals surface area contributed by atoms with Crippen molar-refractivity contribution in [1.29, 1.82) is 0 Å². The van der Waals surface area contributed by atoms with Gasteiger partial charge in [0.2, 0.25) is 0 Å². The normalized spacial score (nSPS) is 21.0. The molecule has 1 unspecified atom stereocenters. The molecule has 1 aliphatic carbocycles. The molecule has 1 fully saturated rings. The average molecular weight is 194 g/mol. The first-order chi connectivity index (χ1) is 6.79. The molecule has 1 heterocycles. The van der Waals surface area contributed by atoms with Crippen molar-refractivity contribution >= 4 is 0 Å². The van der Waals surface area contributed by atoms with E-state index in [2.05, 4.69) is 4.98 Å². The molecule has 0 radical (unpaired) electrons. The molecule has 3 nitrogen and oxygen atoms in total. The van der Waals surface area contributed by atoms with Gasteiger partial charge in [-0.25, -0.2) is 4.98 Å². The lowest BCUT2D eigenvalue weighted by molar-refractivity contribution is 0.0787. The van der Waals surface area contributed by atoms with Gasteiger partial charge < -0.3 is 9.67 Å². The minimum Gasteiger partial charge on any atom is -0.387 e. The summed E-state index contributed by atoms with van der Waals surface area (Å²) >= 11 is 0. The van der Waals surface area contributed by atoms with Crippen molar-refractivity contribution in [3.63, 3.8) is 0 Å². The van der Waals surface area contributed by atoms with Crippen LogP contribution in [-0.4, -0.2) is 14.7 Å². The molecule has 1 saturated carbocycles. The fourth-order valence-corrected chi connectivity index (χ4v) is 2.34. The largest absolute Gasteiger partial charge is 0.387 e. The van der Waals surface area contributed by atoms with E-state index < -0.39 is 0 Å². The van der Waals surface area contributed by atoms with E-state index in [1.807, 2.05) is 11.6 Å². The topological polar surface area (TPSA) is 38.0 Å². The van der Waals surface area contributed by atoms with Crippen LogP contribution in [0.4, 0.5) is 0 Å². The minimum absolute atomic E-state index is 0.317. The minimum atomic E-state index is -0.317. The van der Waals surface area contributed by atoms with Crippen LogP contribution in [0.15, 0.2) is 12.5 Å². The third kappa shape index (κ3) is 1.82. The molecular formula is C11H18N2O. The van der Waals surface area contributed by atoms with E-state index in [1.54, 1.807) is 12.5 Å². The first-order valence-corrected chi connectivity index (χ1v) is 5.43. The van der Waals surface area contributed by atoms with Crippen LogP contribution in [0.2, 0.25) is 0 Å². The SMILES string of the molecule is Cn1cncc1C(O)C1CCCCC1. The molecule has 3 heteroatoms. The second-order valence-corrected chi connectivity index (χ2v) is 4.27. The lowest BCUT2D eigenvalue weighted by Crippen LogP contribution is -2.17. The number of aromatic nitrogens is 2. The smallest absolute Gasteiger partial charge is 0.0983 e. The van der Waals surface area contributed by atoms with Gasteiger partial charge in [0.05, 0.1) is 24.3 Å². The molecule has 14 heavy (non-hydrogen) atoms. The summed E-state index contributed by atoms with van der Waals surface area (Å²) in [6.45, 7) is 0. The van der Waals surface area contributed by atoms with Crippen LogP contribution in [0.25, 0.3) is 0 Å². The lowest BCUT2D eigenvalue weighted by Gasteiger charge is -2.26. The number of hydrogen-bond donors (Lipinski definition) is 1. The zero-order chi connectivity index (χ0) is 9.97. The second kappa shape index (κ2) is 4.13. The molecule has 1 N–H and O–H groups in total. The van der Waals surface area contributed by atoms with Gasteiger partial charge in [-0.1, -0.05) is 19.3 Å². The fourth-order valence-electron chi connectivity index (χ4n) is 2.34. The summed E-state index contributed by atoms with van der Waals surface area (Å²) in [7, 11) is 1.94. The lowest BCUT2D eigenvalue weighted by atomic mass is 9.84. The molecule has 0 amide bonds. The average Bonchev–Trinajstić information content (AvgIpc) is 2.65. The number of rotatable bonds is 2. The quantitative estimate of drug-likeness (QED) is 0.782. The number of nitrogens with zero attached hydrogens (tertiary/aromatic N) is 2. The van der Waals surface area contributed by atoms with Crippen LogP contribution in [0, 0.1) is 5.92 Å². The van der Waals surface area contributed by atoms with Crippen molar-refractivity contribution in [2.75, 3.05) is 0 Å². The summed E-state index contributed by atoms with van der Waals surface area (Å²) in [6.07, 6.45) is 9.38. The molecule has 2 rings (SSSR count). The van der Waals surface area contributed by atoms with Crippen LogP contribution >= 0.6 is 0 Å².